The Balaban J connectivity index is 1.65. The normalized spacial score (nSPS) is 15.9. The highest BCUT2D eigenvalue weighted by atomic mass is 32.1. The number of nitrogens with zero attached hydrogens (tertiary/aromatic N) is 4. The van der Waals surface area contributed by atoms with Crippen molar-refractivity contribution in [2.45, 2.75) is 33.4 Å². The van der Waals surface area contributed by atoms with Crippen molar-refractivity contribution in [1.29, 1.82) is 0 Å². The van der Waals surface area contributed by atoms with E-state index in [0.717, 1.165) is 22.7 Å². The molecular weight excluding hydrogens is 466 g/mol. The van der Waals surface area contributed by atoms with Crippen LogP contribution in [0, 0.1) is 6.92 Å². The molecule has 1 N–H and O–H groups in total. The molecule has 3 aromatic heterocycles. The van der Waals surface area contributed by atoms with Crippen LogP contribution in [0.5, 0.6) is 0 Å². The van der Waals surface area contributed by atoms with Gasteiger partial charge in [-0.3, -0.25) is 18.8 Å². The van der Waals surface area contributed by atoms with Crippen molar-refractivity contribution in [1.82, 2.24) is 14.3 Å². The zero-order chi connectivity index (χ0) is 23.8. The molecule has 9 heteroatoms. The molecule has 1 amide bonds. The van der Waals surface area contributed by atoms with Crippen LogP contribution >= 0.6 is 22.7 Å². The number of aryl methyl sites for hydroxylation is 2. The second-order valence-electron chi connectivity index (χ2n) is 7.94. The molecule has 0 radical (unpaired) electrons. The molecule has 0 fully saturated rings. The summed E-state index contributed by atoms with van der Waals surface area (Å²) in [5.74, 6) is -0.264. The maximum atomic E-state index is 13.6. The van der Waals surface area contributed by atoms with Gasteiger partial charge in [-0.15, -0.1) is 11.3 Å². The number of allylic oxidation sites excluding steroid dienone is 1. The molecule has 1 aliphatic heterocycles. The summed E-state index contributed by atoms with van der Waals surface area (Å²) in [6.07, 6.45) is 3.81. The summed E-state index contributed by atoms with van der Waals surface area (Å²) >= 11 is 2.85. The maximum absolute atomic E-state index is 13.6. The number of thiazole rings is 1. The molecule has 7 nitrogen and oxygen atoms in total. The molecule has 0 bridgehead atoms. The second kappa shape index (κ2) is 9.00. The molecule has 5 rings (SSSR count). The lowest BCUT2D eigenvalue weighted by Crippen LogP contribution is -2.40. The van der Waals surface area contributed by atoms with Crippen LogP contribution in [0.25, 0.3) is 6.08 Å². The van der Waals surface area contributed by atoms with E-state index < -0.39 is 6.04 Å². The van der Waals surface area contributed by atoms with Crippen molar-refractivity contribution in [2.24, 2.45) is 4.99 Å². The lowest BCUT2D eigenvalue weighted by molar-refractivity contribution is -0.113. The van der Waals surface area contributed by atoms with Crippen LogP contribution in [0.2, 0.25) is 0 Å². The second-order valence-corrected chi connectivity index (χ2v) is 9.93. The van der Waals surface area contributed by atoms with Crippen LogP contribution in [0.1, 0.15) is 36.0 Å². The molecule has 1 aliphatic rings. The molecule has 0 spiro atoms. The Bertz CT molecular complexity index is 1570. The number of rotatable bonds is 5. The number of aromatic nitrogens is 3. The van der Waals surface area contributed by atoms with Gasteiger partial charge in [-0.05, 0) is 50.4 Å². The number of nitrogens with one attached hydrogen (secondary N) is 1. The van der Waals surface area contributed by atoms with Crippen LogP contribution in [-0.2, 0) is 11.3 Å². The Kier molecular flexibility index (Phi) is 5.89. The van der Waals surface area contributed by atoms with Crippen LogP contribution in [0.4, 0.5) is 5.69 Å². The third-order valence-electron chi connectivity index (χ3n) is 5.71. The number of benzene rings is 1. The fourth-order valence-electron chi connectivity index (χ4n) is 4.03. The number of fused-ring (bicyclic) bond motifs is 1. The topological polar surface area (TPSA) is 81.3 Å². The Hall–Kier alpha value is -3.56. The van der Waals surface area contributed by atoms with Gasteiger partial charge < -0.3 is 5.32 Å². The van der Waals surface area contributed by atoms with Gasteiger partial charge in [-0.1, -0.05) is 35.6 Å². The standard InChI is InChI=1S/C25H23N5O2S2/c1-4-29-14-17(15(2)28-29)13-20-24(32)30-22(19-11-8-12-33-19)21(16(3)26-25(30)34-20)23(31)27-18-9-6-5-7-10-18/h5-14,22H,4H2,1-3H3,(H,27,31)/b20-13+/t22-/m1/s1. The highest BCUT2D eigenvalue weighted by Gasteiger charge is 2.33. The molecule has 4 heterocycles. The van der Waals surface area contributed by atoms with Crippen molar-refractivity contribution in [3.63, 3.8) is 0 Å². The zero-order valence-electron chi connectivity index (χ0n) is 19.0. The first kappa shape index (κ1) is 22.2. The van der Waals surface area contributed by atoms with Gasteiger partial charge >= 0.3 is 0 Å². The van der Waals surface area contributed by atoms with E-state index in [9.17, 15) is 9.59 Å². The summed E-state index contributed by atoms with van der Waals surface area (Å²) in [4.78, 5) is 33.3. The molecule has 4 aromatic rings. The third kappa shape index (κ3) is 3.97. The van der Waals surface area contributed by atoms with Crippen molar-refractivity contribution < 1.29 is 4.79 Å². The number of carbonyl (C=O) groups is 1. The quantitative estimate of drug-likeness (QED) is 0.466. The van der Waals surface area contributed by atoms with Crippen LogP contribution in [-0.4, -0.2) is 20.3 Å². The highest BCUT2D eigenvalue weighted by Crippen LogP contribution is 2.33. The van der Waals surface area contributed by atoms with Crippen molar-refractivity contribution in [3.8, 4) is 0 Å². The van der Waals surface area contributed by atoms with E-state index in [1.165, 1.54) is 22.7 Å². The molecule has 172 valence electrons. The lowest BCUT2D eigenvalue weighted by Gasteiger charge is -2.24. The molecule has 1 aromatic carbocycles. The molecule has 0 aliphatic carbocycles. The number of carbonyl (C=O) groups excluding carboxylic acids is 1. The Morgan fingerprint density at radius 3 is 2.65 bits per heavy atom. The average molecular weight is 490 g/mol. The van der Waals surface area contributed by atoms with Gasteiger partial charge in [-0.25, -0.2) is 4.99 Å². The fourth-order valence-corrected chi connectivity index (χ4v) is 5.89. The molecular formula is C25H23N5O2S2. The Morgan fingerprint density at radius 2 is 1.97 bits per heavy atom. The first-order valence-corrected chi connectivity index (χ1v) is 12.6. The van der Waals surface area contributed by atoms with Gasteiger partial charge in [0, 0.05) is 28.9 Å². The molecule has 0 unspecified atom stereocenters. The van der Waals surface area contributed by atoms with Gasteiger partial charge in [-0.2, -0.15) is 5.10 Å². The first-order chi connectivity index (χ1) is 16.5. The van der Waals surface area contributed by atoms with E-state index in [2.05, 4.69) is 15.4 Å². The van der Waals surface area contributed by atoms with Crippen molar-refractivity contribution >= 4 is 40.3 Å². The summed E-state index contributed by atoms with van der Waals surface area (Å²) in [5, 5.41) is 9.40. The van der Waals surface area contributed by atoms with Crippen molar-refractivity contribution in [2.75, 3.05) is 5.32 Å². The lowest BCUT2D eigenvalue weighted by atomic mass is 10.0. The average Bonchev–Trinajstić information content (AvgIpc) is 3.54. The predicted octanol–water partition coefficient (Wildman–Crippen LogP) is 3.46. The van der Waals surface area contributed by atoms with E-state index in [1.54, 1.807) is 4.57 Å². The smallest absolute Gasteiger partial charge is 0.271 e. The summed E-state index contributed by atoms with van der Waals surface area (Å²) in [5.41, 5.74) is 3.37. The molecule has 34 heavy (non-hydrogen) atoms. The molecule has 0 saturated heterocycles. The number of amides is 1. The molecule has 0 saturated carbocycles. The van der Waals surface area contributed by atoms with Gasteiger partial charge in [0.15, 0.2) is 4.80 Å². The number of anilines is 1. The maximum Gasteiger partial charge on any atom is 0.271 e. The van der Waals surface area contributed by atoms with Crippen LogP contribution in [0.3, 0.4) is 0 Å². The predicted molar refractivity (Wildman–Crippen MR) is 136 cm³/mol. The fraction of sp³-hybridized carbons (Fsp3) is 0.200. The van der Waals surface area contributed by atoms with E-state index in [-0.39, 0.29) is 11.5 Å². The minimum Gasteiger partial charge on any atom is -0.322 e. The minimum absolute atomic E-state index is 0.164. The number of para-hydroxylation sites is 1. The van der Waals surface area contributed by atoms with E-state index in [4.69, 9.17) is 0 Å². The number of hydrogen-bond acceptors (Lipinski definition) is 6. The van der Waals surface area contributed by atoms with Gasteiger partial charge in [0.25, 0.3) is 11.5 Å². The Labute approximate surface area is 204 Å². The Morgan fingerprint density at radius 1 is 1.18 bits per heavy atom. The van der Waals surface area contributed by atoms with E-state index in [0.29, 0.717) is 26.3 Å². The summed E-state index contributed by atoms with van der Waals surface area (Å²) < 4.78 is 4.06. The number of hydrogen-bond donors (Lipinski definition) is 1. The largest absolute Gasteiger partial charge is 0.322 e. The zero-order valence-corrected chi connectivity index (χ0v) is 20.6. The van der Waals surface area contributed by atoms with Crippen molar-refractivity contribution in [3.05, 3.63) is 101 Å². The first-order valence-electron chi connectivity index (χ1n) is 10.9. The summed E-state index contributed by atoms with van der Waals surface area (Å²) in [7, 11) is 0. The SMILES string of the molecule is CCn1cc(/C=c2/sc3n(c2=O)[C@H](c2cccs2)C(C(=O)Nc2ccccc2)=C(C)N=3)c(C)n1. The van der Waals surface area contributed by atoms with E-state index in [1.807, 2.05) is 85.6 Å². The van der Waals surface area contributed by atoms with Gasteiger partial charge in [0.2, 0.25) is 0 Å². The van der Waals surface area contributed by atoms with Crippen LogP contribution < -0.4 is 20.2 Å². The molecule has 1 atom stereocenters. The summed E-state index contributed by atoms with van der Waals surface area (Å²) in [6.45, 7) is 6.54. The third-order valence-corrected chi connectivity index (χ3v) is 7.61. The monoisotopic (exact) mass is 489 g/mol. The highest BCUT2D eigenvalue weighted by molar-refractivity contribution is 7.10. The van der Waals surface area contributed by atoms with Crippen LogP contribution in [0.15, 0.2) is 75.1 Å². The number of thiophene rings is 1. The minimum atomic E-state index is -0.540. The van der Waals surface area contributed by atoms with E-state index >= 15 is 0 Å². The van der Waals surface area contributed by atoms with Gasteiger partial charge in [0.1, 0.15) is 6.04 Å². The van der Waals surface area contributed by atoms with Gasteiger partial charge in [0.05, 0.1) is 21.5 Å². The summed E-state index contributed by atoms with van der Waals surface area (Å²) in [6, 6.07) is 12.6.